The predicted octanol–water partition coefficient (Wildman–Crippen LogP) is 1.48. The van der Waals surface area contributed by atoms with Gasteiger partial charge in [0.15, 0.2) is 0 Å². The minimum atomic E-state index is -0.0459. The number of fused-ring (bicyclic) bond motifs is 1. The first-order valence-electron chi connectivity index (χ1n) is 6.29. The maximum absolute atomic E-state index is 12.1. The van der Waals surface area contributed by atoms with Gasteiger partial charge in [0.1, 0.15) is 0 Å². The summed E-state index contributed by atoms with van der Waals surface area (Å²) >= 11 is 0. The summed E-state index contributed by atoms with van der Waals surface area (Å²) in [5.41, 5.74) is 1.73. The van der Waals surface area contributed by atoms with E-state index in [1.54, 1.807) is 0 Å². The summed E-state index contributed by atoms with van der Waals surface area (Å²) in [4.78, 5) is 25.6. The second-order valence-corrected chi connectivity index (χ2v) is 5.03. The molecule has 2 fully saturated rings. The second kappa shape index (κ2) is 3.92. The van der Waals surface area contributed by atoms with Crippen LogP contribution >= 0.6 is 0 Å². The lowest BCUT2D eigenvalue weighted by atomic mass is 10.1. The van der Waals surface area contributed by atoms with Crippen molar-refractivity contribution < 1.29 is 9.59 Å². The van der Waals surface area contributed by atoms with E-state index in [0.29, 0.717) is 0 Å². The van der Waals surface area contributed by atoms with Crippen LogP contribution in [-0.2, 0) is 9.59 Å². The average Bonchev–Trinajstić information content (AvgIpc) is 3.14. The van der Waals surface area contributed by atoms with E-state index in [1.165, 1.54) is 4.90 Å². The molecule has 1 saturated heterocycles. The molecule has 1 aromatic carbocycles. The minimum absolute atomic E-state index is 0.0271. The van der Waals surface area contributed by atoms with Crippen molar-refractivity contribution in [2.24, 2.45) is 11.8 Å². The molecule has 1 aliphatic heterocycles. The summed E-state index contributed by atoms with van der Waals surface area (Å²) in [5, 5.41) is 3.15. The quantitative estimate of drug-likeness (QED) is 0.819. The van der Waals surface area contributed by atoms with Crippen LogP contribution in [-0.4, -0.2) is 18.9 Å². The van der Waals surface area contributed by atoms with E-state index in [2.05, 4.69) is 5.32 Å². The fraction of sp³-hybridized carbons (Fsp3) is 0.429. The van der Waals surface area contributed by atoms with E-state index < -0.39 is 0 Å². The molecule has 0 bridgehead atoms. The maximum atomic E-state index is 12.1. The van der Waals surface area contributed by atoms with Crippen molar-refractivity contribution in [3.63, 3.8) is 0 Å². The Morgan fingerprint density at radius 1 is 1.22 bits per heavy atom. The van der Waals surface area contributed by atoms with E-state index in [1.807, 2.05) is 38.2 Å². The molecule has 1 N–H and O–H groups in total. The van der Waals surface area contributed by atoms with Crippen molar-refractivity contribution >= 4 is 17.5 Å². The number of nitrogens with zero attached hydrogens (tertiary/aromatic N) is 1. The summed E-state index contributed by atoms with van der Waals surface area (Å²) in [6.45, 7) is 2.02. The number of hydrogen-bond donors (Lipinski definition) is 1. The molecule has 94 valence electrons. The van der Waals surface area contributed by atoms with Crippen LogP contribution in [0.1, 0.15) is 24.9 Å². The van der Waals surface area contributed by atoms with Crippen molar-refractivity contribution in [2.45, 2.75) is 19.4 Å². The van der Waals surface area contributed by atoms with Crippen LogP contribution in [0, 0.1) is 11.8 Å². The lowest BCUT2D eigenvalue weighted by Crippen LogP contribution is -2.34. The van der Waals surface area contributed by atoms with Crippen LogP contribution in [0.4, 0.5) is 5.69 Å². The molecule has 2 aliphatic rings. The third-order valence-corrected chi connectivity index (χ3v) is 3.94. The maximum Gasteiger partial charge on any atom is 0.237 e. The Hall–Kier alpha value is -1.68. The van der Waals surface area contributed by atoms with Gasteiger partial charge in [-0.3, -0.25) is 9.59 Å². The highest BCUT2D eigenvalue weighted by atomic mass is 16.2. The number of hydrogen-bond acceptors (Lipinski definition) is 3. The van der Waals surface area contributed by atoms with Crippen molar-refractivity contribution in [2.75, 3.05) is 11.9 Å². The monoisotopic (exact) mass is 244 g/mol. The normalized spacial score (nSPS) is 27.3. The molecule has 1 heterocycles. The van der Waals surface area contributed by atoms with Crippen molar-refractivity contribution in [3.05, 3.63) is 29.8 Å². The number of benzene rings is 1. The molecule has 1 aliphatic carbocycles. The summed E-state index contributed by atoms with van der Waals surface area (Å²) < 4.78 is 0. The summed E-state index contributed by atoms with van der Waals surface area (Å²) in [7, 11) is 1.87. The second-order valence-electron chi connectivity index (χ2n) is 5.03. The lowest BCUT2D eigenvalue weighted by molar-refractivity contribution is -0.123. The number of carbonyl (C=O) groups is 2. The summed E-state index contributed by atoms with van der Waals surface area (Å²) in [6.07, 6.45) is 0.748. The molecule has 3 unspecified atom stereocenters. The number of rotatable bonds is 3. The molecule has 0 spiro atoms. The van der Waals surface area contributed by atoms with Gasteiger partial charge < -0.3 is 5.32 Å². The van der Waals surface area contributed by atoms with Crippen LogP contribution < -0.4 is 10.2 Å². The first kappa shape index (κ1) is 11.4. The summed E-state index contributed by atoms with van der Waals surface area (Å²) in [5.74, 6) is -0.146. The third-order valence-electron chi connectivity index (χ3n) is 3.94. The van der Waals surface area contributed by atoms with E-state index in [-0.39, 0.29) is 29.7 Å². The zero-order valence-corrected chi connectivity index (χ0v) is 10.5. The van der Waals surface area contributed by atoms with Crippen molar-refractivity contribution in [3.8, 4) is 0 Å². The molecule has 1 saturated carbocycles. The lowest BCUT2D eigenvalue weighted by Gasteiger charge is -2.22. The molecular weight excluding hydrogens is 228 g/mol. The number of anilines is 1. The van der Waals surface area contributed by atoms with E-state index in [9.17, 15) is 9.59 Å². The first-order chi connectivity index (χ1) is 8.65. The van der Waals surface area contributed by atoms with Crippen LogP contribution in [0.5, 0.6) is 0 Å². The Morgan fingerprint density at radius 2 is 1.83 bits per heavy atom. The Kier molecular flexibility index (Phi) is 2.48. The Labute approximate surface area is 106 Å². The van der Waals surface area contributed by atoms with Crippen molar-refractivity contribution in [1.29, 1.82) is 0 Å². The van der Waals surface area contributed by atoms with E-state index in [4.69, 9.17) is 0 Å². The van der Waals surface area contributed by atoms with E-state index in [0.717, 1.165) is 17.7 Å². The Bertz CT molecular complexity index is 506. The van der Waals surface area contributed by atoms with E-state index >= 15 is 0 Å². The van der Waals surface area contributed by atoms with Gasteiger partial charge in [0.25, 0.3) is 0 Å². The molecule has 2 amide bonds. The molecule has 4 nitrogen and oxygen atoms in total. The fourth-order valence-corrected chi connectivity index (χ4v) is 2.63. The molecule has 0 aromatic heterocycles. The van der Waals surface area contributed by atoms with Gasteiger partial charge in [-0.1, -0.05) is 18.2 Å². The molecule has 4 heteroatoms. The molecule has 1 aromatic rings. The van der Waals surface area contributed by atoms with Gasteiger partial charge in [-0.2, -0.15) is 0 Å². The third kappa shape index (κ3) is 1.49. The zero-order chi connectivity index (χ0) is 12.9. The topological polar surface area (TPSA) is 49.4 Å². The van der Waals surface area contributed by atoms with Gasteiger partial charge in [-0.25, -0.2) is 4.90 Å². The zero-order valence-electron chi connectivity index (χ0n) is 10.5. The highest BCUT2D eigenvalue weighted by Crippen LogP contribution is 2.49. The van der Waals surface area contributed by atoms with Gasteiger partial charge in [0.2, 0.25) is 11.8 Å². The number of amides is 2. The standard InChI is InChI=1S/C14H16N2O2/c1-8(15-2)9-5-3-4-6-12(9)16-13(17)10-7-11(10)14(16)18/h3-6,8,10-11,15H,7H2,1-2H3. The molecular formula is C14H16N2O2. The van der Waals surface area contributed by atoms with Crippen LogP contribution in [0.15, 0.2) is 24.3 Å². The molecule has 3 rings (SSSR count). The molecule has 0 radical (unpaired) electrons. The average molecular weight is 244 g/mol. The number of carbonyl (C=O) groups excluding carboxylic acids is 2. The molecule has 18 heavy (non-hydrogen) atoms. The Balaban J connectivity index is 2.02. The fourth-order valence-electron chi connectivity index (χ4n) is 2.63. The SMILES string of the molecule is CNC(C)c1ccccc1N1C(=O)C2CC2C1=O. The number of piperidine rings is 1. The predicted molar refractivity (Wildman–Crippen MR) is 68.0 cm³/mol. The summed E-state index contributed by atoms with van der Waals surface area (Å²) in [6, 6.07) is 7.72. The van der Waals surface area contributed by atoms with Gasteiger partial charge in [-0.05, 0) is 32.0 Å². The van der Waals surface area contributed by atoms with Crippen LogP contribution in [0.2, 0.25) is 0 Å². The molecule has 3 atom stereocenters. The van der Waals surface area contributed by atoms with Gasteiger partial charge >= 0.3 is 0 Å². The number of para-hydroxylation sites is 1. The van der Waals surface area contributed by atoms with Gasteiger partial charge in [-0.15, -0.1) is 0 Å². The highest BCUT2D eigenvalue weighted by molar-refractivity contribution is 6.25. The smallest absolute Gasteiger partial charge is 0.237 e. The van der Waals surface area contributed by atoms with Crippen LogP contribution in [0.25, 0.3) is 0 Å². The Morgan fingerprint density at radius 3 is 2.44 bits per heavy atom. The highest BCUT2D eigenvalue weighted by Gasteiger charge is 2.59. The largest absolute Gasteiger partial charge is 0.313 e. The number of imide groups is 1. The van der Waals surface area contributed by atoms with Crippen LogP contribution in [0.3, 0.4) is 0 Å². The first-order valence-corrected chi connectivity index (χ1v) is 6.29. The minimum Gasteiger partial charge on any atom is -0.313 e. The van der Waals surface area contributed by atoms with Crippen molar-refractivity contribution in [1.82, 2.24) is 5.32 Å². The number of nitrogens with one attached hydrogen (secondary N) is 1. The van der Waals surface area contributed by atoms with Gasteiger partial charge in [0.05, 0.1) is 17.5 Å². The van der Waals surface area contributed by atoms with Gasteiger partial charge in [0, 0.05) is 6.04 Å².